The van der Waals surface area contributed by atoms with E-state index in [9.17, 15) is 79.2 Å². The van der Waals surface area contributed by atoms with Gasteiger partial charge in [-0.3, -0.25) is 0 Å². The molecule has 424 valence electrons. The molecule has 0 aromatic heterocycles. The monoisotopic (exact) mass is 1120 g/mol. The summed E-state index contributed by atoms with van der Waals surface area (Å²) in [4.78, 5) is 93.2. The number of aromatic carboxylic acids is 8. The van der Waals surface area contributed by atoms with E-state index in [2.05, 4.69) is 0 Å². The van der Waals surface area contributed by atoms with Gasteiger partial charge in [0.1, 0.15) is 74.1 Å². The first-order valence-electron chi connectivity index (χ1n) is 24.6. The predicted molar refractivity (Wildman–Crippen MR) is 289 cm³/mol. The molecule has 22 nitrogen and oxygen atoms in total. The number of benzene rings is 6. The molecule has 0 bridgehead atoms. The lowest BCUT2D eigenvalue weighted by atomic mass is 10.1. The van der Waals surface area contributed by atoms with Gasteiger partial charge < -0.3 is 69.3 Å². The van der Waals surface area contributed by atoms with Gasteiger partial charge in [-0.15, -0.1) is 0 Å². The Labute approximate surface area is 466 Å². The van der Waals surface area contributed by atoms with Crippen LogP contribution in [0.3, 0.4) is 0 Å². The third-order valence-corrected chi connectivity index (χ3v) is 11.5. The maximum atomic E-state index is 11.6. The van der Waals surface area contributed by atoms with Crippen LogP contribution in [0, 0.1) is 0 Å². The summed E-state index contributed by atoms with van der Waals surface area (Å²) in [5, 5.41) is 75.9. The Hall–Kier alpha value is -10.9. The van der Waals surface area contributed by atoms with E-state index in [4.69, 9.17) is 28.4 Å². The average molecular weight is 1130 g/mol. The van der Waals surface area contributed by atoms with Crippen molar-refractivity contribution in [2.75, 3.05) is 13.2 Å². The van der Waals surface area contributed by atoms with E-state index in [0.29, 0.717) is 46.6 Å². The van der Waals surface area contributed by atoms with Gasteiger partial charge in [0.2, 0.25) is 0 Å². The second-order valence-corrected chi connectivity index (χ2v) is 17.7. The number of hydrogen-bond acceptors (Lipinski definition) is 14. The third-order valence-electron chi connectivity index (χ3n) is 11.5. The van der Waals surface area contributed by atoms with Crippen LogP contribution in [0.4, 0.5) is 0 Å². The molecule has 0 heterocycles. The maximum Gasteiger partial charge on any atom is 0.335 e. The molecule has 6 rings (SSSR count). The standard InChI is InChI=1S/C60H52O22/c61-53(62)39-19-40(54(63)64)24-49(23-39)79-31-35-13-36(32-80-50-25-41(55(65)66)20-42(26-50)56(67)68)16-47(15-35)77-11-9-7-5-3-1-2-4-6-8-10-12-78-48-17-37(33-81-51-27-43(57(69)70)21-44(28-51)58(71)72)14-38(18-48)34-82-52-29-45(59(73)74)22-46(30-52)60(75)76/h1-2,7-10,13-30H,3-6,11-12,31-34H2,(H,61,62)(H,63,64)(H,65,66)(H,67,68)(H,69,70)(H,71,72)(H,73,74)(H,75,76)/b2-1+,9-7+,10-8+. The molecule has 0 spiro atoms. The van der Waals surface area contributed by atoms with Gasteiger partial charge in [0, 0.05) is 0 Å². The molecule has 0 aliphatic heterocycles. The Balaban J connectivity index is 1.02. The zero-order chi connectivity index (χ0) is 59.3. The smallest absolute Gasteiger partial charge is 0.335 e. The number of carboxylic acid groups (broad SMARTS) is 8. The number of hydrogen-bond donors (Lipinski definition) is 8. The van der Waals surface area contributed by atoms with Gasteiger partial charge >= 0.3 is 47.8 Å². The summed E-state index contributed by atoms with van der Waals surface area (Å²) < 4.78 is 35.2. The van der Waals surface area contributed by atoms with Crippen LogP contribution in [0.25, 0.3) is 0 Å². The molecule has 0 aliphatic carbocycles. The summed E-state index contributed by atoms with van der Waals surface area (Å²) in [6.07, 6.45) is 14.4. The second-order valence-electron chi connectivity index (χ2n) is 17.7. The molecule has 0 radical (unpaired) electrons. The Morgan fingerprint density at radius 1 is 0.244 bits per heavy atom. The minimum absolute atomic E-state index is 0.0172. The van der Waals surface area contributed by atoms with Crippen LogP contribution >= 0.6 is 0 Å². The van der Waals surface area contributed by atoms with Crippen LogP contribution in [0.5, 0.6) is 34.5 Å². The Morgan fingerprint density at radius 3 is 0.622 bits per heavy atom. The SMILES string of the molecule is O=C(O)c1cc(OCc2cc(COc3cc(C(=O)O)cc(C(=O)O)c3)cc(OC/C=C/CC/C=C/CC/C=C/COc3cc(COc4cc(C(=O)O)cc(C(=O)O)c4)cc(COc4cc(C(=O)O)cc(C(=O)O)c4)c3)c2)cc(C(=O)O)c1. The van der Waals surface area contributed by atoms with E-state index in [-0.39, 0.29) is 107 Å². The van der Waals surface area contributed by atoms with Gasteiger partial charge in [-0.1, -0.05) is 36.5 Å². The van der Waals surface area contributed by atoms with Crippen LogP contribution in [0.2, 0.25) is 0 Å². The first kappa shape index (κ1) is 60.3. The fourth-order valence-electron chi connectivity index (χ4n) is 7.62. The summed E-state index contributed by atoms with van der Waals surface area (Å²) in [5.74, 6) is -10.1. The molecule has 0 amide bonds. The van der Waals surface area contributed by atoms with Gasteiger partial charge in [-0.05, 0) is 157 Å². The van der Waals surface area contributed by atoms with E-state index in [1.54, 1.807) is 36.4 Å². The largest absolute Gasteiger partial charge is 0.490 e. The van der Waals surface area contributed by atoms with Gasteiger partial charge in [0.15, 0.2) is 0 Å². The lowest BCUT2D eigenvalue weighted by molar-refractivity contribution is 0.0675. The topological polar surface area (TPSA) is 354 Å². The minimum atomic E-state index is -1.35. The van der Waals surface area contributed by atoms with Crippen molar-refractivity contribution in [3.8, 4) is 34.5 Å². The van der Waals surface area contributed by atoms with Crippen LogP contribution < -0.4 is 28.4 Å². The normalized spacial score (nSPS) is 11.1. The Kier molecular flexibility index (Phi) is 21.5. The van der Waals surface area contributed by atoms with Crippen LogP contribution in [0.1, 0.15) is 131 Å². The average Bonchev–Trinajstić information content (AvgIpc) is 3.45. The minimum Gasteiger partial charge on any atom is -0.490 e. The number of carboxylic acids is 8. The van der Waals surface area contributed by atoms with Gasteiger partial charge in [0.25, 0.3) is 0 Å². The van der Waals surface area contributed by atoms with Crippen LogP contribution in [-0.2, 0) is 26.4 Å². The lowest BCUT2D eigenvalue weighted by Crippen LogP contribution is -2.06. The predicted octanol–water partition coefficient (Wildman–Crippen LogP) is 10.3. The summed E-state index contributed by atoms with van der Waals surface area (Å²) in [6.45, 7) is -0.333. The molecule has 0 saturated carbocycles. The zero-order valence-electron chi connectivity index (χ0n) is 43.2. The molecule has 82 heavy (non-hydrogen) atoms. The highest BCUT2D eigenvalue weighted by molar-refractivity contribution is 5.97. The molecule has 0 fully saturated rings. The number of ether oxygens (including phenoxy) is 6. The highest BCUT2D eigenvalue weighted by Crippen LogP contribution is 2.27. The van der Waals surface area contributed by atoms with Crippen molar-refractivity contribution in [2.24, 2.45) is 0 Å². The molecule has 0 aliphatic rings. The number of unbranched alkanes of at least 4 members (excludes halogenated alkanes) is 2. The second kappa shape index (κ2) is 29.2. The molecule has 6 aromatic carbocycles. The summed E-state index contributed by atoms with van der Waals surface area (Å²) in [7, 11) is 0. The van der Waals surface area contributed by atoms with Crippen molar-refractivity contribution in [1.29, 1.82) is 0 Å². The van der Waals surface area contributed by atoms with Crippen molar-refractivity contribution >= 4 is 47.8 Å². The van der Waals surface area contributed by atoms with E-state index < -0.39 is 47.8 Å². The highest BCUT2D eigenvalue weighted by atomic mass is 16.5. The first-order valence-corrected chi connectivity index (χ1v) is 24.6. The molecule has 0 saturated heterocycles. The molecule has 6 aromatic rings. The molecule has 8 N–H and O–H groups in total. The van der Waals surface area contributed by atoms with Gasteiger partial charge in [-0.25, -0.2) is 38.4 Å². The summed E-state index contributed by atoms with van der Waals surface area (Å²) in [5.41, 5.74) is -0.305. The number of rotatable bonds is 32. The lowest BCUT2D eigenvalue weighted by Gasteiger charge is -2.14. The summed E-state index contributed by atoms with van der Waals surface area (Å²) >= 11 is 0. The quantitative estimate of drug-likeness (QED) is 0.0144. The fourth-order valence-corrected chi connectivity index (χ4v) is 7.62. The van der Waals surface area contributed by atoms with Crippen molar-refractivity contribution < 1.29 is 108 Å². The highest BCUT2D eigenvalue weighted by Gasteiger charge is 2.18. The Bertz CT molecular complexity index is 2930. The van der Waals surface area contributed by atoms with Gasteiger partial charge in [-0.2, -0.15) is 0 Å². The van der Waals surface area contributed by atoms with E-state index in [0.717, 1.165) is 37.1 Å². The molecule has 22 heteroatoms. The molecule has 0 atom stereocenters. The maximum absolute atomic E-state index is 11.6. The van der Waals surface area contributed by atoms with E-state index in [1.165, 1.54) is 48.5 Å². The van der Waals surface area contributed by atoms with Crippen molar-refractivity contribution in [1.82, 2.24) is 0 Å². The van der Waals surface area contributed by atoms with E-state index in [1.807, 2.05) is 36.5 Å². The number of allylic oxidation sites excluding steroid dienone is 4. The van der Waals surface area contributed by atoms with Crippen LogP contribution in [0.15, 0.2) is 146 Å². The molecular weight excluding hydrogens is 1070 g/mol. The summed E-state index contributed by atoms with van der Waals surface area (Å²) in [6, 6.07) is 23.4. The van der Waals surface area contributed by atoms with Crippen LogP contribution in [-0.4, -0.2) is 102 Å². The Morgan fingerprint density at radius 2 is 0.427 bits per heavy atom. The fraction of sp³-hybridized carbons (Fsp3) is 0.167. The zero-order valence-corrected chi connectivity index (χ0v) is 43.2. The first-order chi connectivity index (χ1) is 39.2. The molecule has 0 unspecified atom stereocenters. The van der Waals surface area contributed by atoms with E-state index >= 15 is 0 Å². The van der Waals surface area contributed by atoms with Crippen molar-refractivity contribution in [3.63, 3.8) is 0 Å². The van der Waals surface area contributed by atoms with Crippen molar-refractivity contribution in [2.45, 2.75) is 52.1 Å². The third kappa shape index (κ3) is 18.9. The van der Waals surface area contributed by atoms with Crippen molar-refractivity contribution in [3.05, 3.63) is 212 Å². The molecular formula is C60H52O22. The van der Waals surface area contributed by atoms with Gasteiger partial charge in [0.05, 0.1) is 44.5 Å². The number of carbonyl (C=O) groups is 8.